The smallest absolute Gasteiger partial charge is 0.179 e. The minimum Gasteiger partial charge on any atom is -0.291 e. The normalized spacial score (nSPS) is 11.5. The molecular weight excluding hydrogens is 164 g/mol. The summed E-state index contributed by atoms with van der Waals surface area (Å²) in [6.07, 6.45) is 1.69. The van der Waals surface area contributed by atoms with Crippen LogP contribution in [-0.2, 0) is 0 Å². The zero-order valence-electron chi connectivity index (χ0n) is 8.07. The van der Waals surface area contributed by atoms with Crippen molar-refractivity contribution in [2.75, 3.05) is 7.05 Å². The van der Waals surface area contributed by atoms with Crippen molar-refractivity contribution in [3.05, 3.63) is 17.6 Å². The van der Waals surface area contributed by atoms with E-state index in [1.54, 1.807) is 13.2 Å². The topological polar surface area (TPSA) is 50.5 Å². The molecule has 0 saturated heterocycles. The lowest BCUT2D eigenvalue weighted by molar-refractivity contribution is 1.09. The Kier molecular flexibility index (Phi) is 2.84. The van der Waals surface area contributed by atoms with Crippen molar-refractivity contribution >= 4 is 18.2 Å². The molecule has 0 N–H and O–H groups in total. The van der Waals surface area contributed by atoms with Gasteiger partial charge in [-0.05, 0) is 20.6 Å². The van der Waals surface area contributed by atoms with Crippen LogP contribution in [0.3, 0.4) is 0 Å². The Bertz CT molecular complexity index is 355. The molecule has 1 rings (SSSR count). The van der Waals surface area contributed by atoms with Gasteiger partial charge in [0, 0.05) is 13.2 Å². The Morgan fingerprint density at radius 1 is 1.54 bits per heavy atom. The minimum atomic E-state index is 0.545. The predicted octanol–water partition coefficient (Wildman–Crippen LogP) is 1.56. The quantitative estimate of drug-likeness (QED) is 0.642. The van der Waals surface area contributed by atoms with Crippen LogP contribution in [0.15, 0.2) is 16.2 Å². The lowest BCUT2D eigenvalue weighted by atomic mass is 10.3. The molecule has 0 bridgehead atoms. The van der Waals surface area contributed by atoms with E-state index in [0.29, 0.717) is 11.5 Å². The van der Waals surface area contributed by atoms with Gasteiger partial charge in [0.2, 0.25) is 0 Å². The fraction of sp³-hybridized carbons (Fsp3) is 0.333. The van der Waals surface area contributed by atoms with Gasteiger partial charge in [0.1, 0.15) is 5.69 Å². The Balaban J connectivity index is 3.29. The molecular formula is C9H12N4. The van der Waals surface area contributed by atoms with Crippen LogP contribution in [0, 0.1) is 6.92 Å². The van der Waals surface area contributed by atoms with Gasteiger partial charge in [-0.1, -0.05) is 0 Å². The number of aromatic nitrogens is 2. The molecule has 0 saturated carbocycles. The third-order valence-corrected chi connectivity index (χ3v) is 1.70. The van der Waals surface area contributed by atoms with E-state index in [1.165, 1.54) is 0 Å². The average molecular weight is 176 g/mol. The summed E-state index contributed by atoms with van der Waals surface area (Å²) >= 11 is 0. The molecule has 0 atom stereocenters. The summed E-state index contributed by atoms with van der Waals surface area (Å²) in [5.74, 6) is 0.545. The summed E-state index contributed by atoms with van der Waals surface area (Å²) in [4.78, 5) is 16.2. The van der Waals surface area contributed by atoms with Gasteiger partial charge in [-0.15, -0.1) is 0 Å². The summed E-state index contributed by atoms with van der Waals surface area (Å²) in [6.45, 7) is 7.18. The Labute approximate surface area is 77.5 Å². The molecule has 0 aliphatic carbocycles. The molecule has 0 radical (unpaired) electrons. The third kappa shape index (κ3) is 1.96. The third-order valence-electron chi connectivity index (χ3n) is 1.70. The number of hydrogen-bond donors (Lipinski definition) is 0. The lowest BCUT2D eigenvalue weighted by Crippen LogP contribution is -2.01. The number of hydrogen-bond acceptors (Lipinski definition) is 4. The molecule has 0 aliphatic heterocycles. The second-order valence-electron chi connectivity index (χ2n) is 2.65. The van der Waals surface area contributed by atoms with E-state index in [4.69, 9.17) is 0 Å². The fourth-order valence-corrected chi connectivity index (χ4v) is 0.936. The van der Waals surface area contributed by atoms with Gasteiger partial charge < -0.3 is 0 Å². The highest BCUT2D eigenvalue weighted by Gasteiger charge is 2.06. The van der Waals surface area contributed by atoms with Crippen LogP contribution in [0.2, 0.25) is 0 Å². The second-order valence-corrected chi connectivity index (χ2v) is 2.65. The van der Waals surface area contributed by atoms with Crippen molar-refractivity contribution in [1.29, 1.82) is 0 Å². The van der Waals surface area contributed by atoms with Crippen molar-refractivity contribution in [1.82, 2.24) is 9.97 Å². The maximum atomic E-state index is 4.19. The van der Waals surface area contributed by atoms with Crippen molar-refractivity contribution in [2.45, 2.75) is 13.8 Å². The van der Waals surface area contributed by atoms with Crippen molar-refractivity contribution < 1.29 is 0 Å². The first kappa shape index (κ1) is 9.51. The van der Waals surface area contributed by atoms with Gasteiger partial charge >= 0.3 is 0 Å². The molecule has 0 aromatic carbocycles. The van der Waals surface area contributed by atoms with Crippen LogP contribution < -0.4 is 0 Å². The van der Waals surface area contributed by atoms with Crippen LogP contribution in [0.5, 0.6) is 0 Å². The largest absolute Gasteiger partial charge is 0.291 e. The van der Waals surface area contributed by atoms with Gasteiger partial charge in [-0.25, -0.2) is 15.0 Å². The fourth-order valence-electron chi connectivity index (χ4n) is 0.936. The molecule has 1 heterocycles. The highest BCUT2D eigenvalue weighted by molar-refractivity contribution is 6.00. The summed E-state index contributed by atoms with van der Waals surface area (Å²) < 4.78 is 0. The molecule has 0 fully saturated rings. The van der Waals surface area contributed by atoms with Gasteiger partial charge in [-0.3, -0.25) is 4.99 Å². The van der Waals surface area contributed by atoms with Gasteiger partial charge in [-0.2, -0.15) is 0 Å². The van der Waals surface area contributed by atoms with E-state index in [2.05, 4.69) is 26.7 Å². The minimum absolute atomic E-state index is 0.545. The Morgan fingerprint density at radius 2 is 2.23 bits per heavy atom. The highest BCUT2D eigenvalue weighted by Crippen LogP contribution is 2.13. The van der Waals surface area contributed by atoms with E-state index in [1.807, 2.05) is 13.8 Å². The first-order valence-corrected chi connectivity index (χ1v) is 3.93. The molecule has 4 nitrogen and oxygen atoms in total. The molecule has 1 aromatic heterocycles. The summed E-state index contributed by atoms with van der Waals surface area (Å²) in [7, 11) is 1.71. The number of aliphatic imine (C=N–C) groups is 2. The predicted molar refractivity (Wildman–Crippen MR) is 54.1 cm³/mol. The summed E-state index contributed by atoms with van der Waals surface area (Å²) in [5, 5.41) is 0. The molecule has 4 heteroatoms. The number of aryl methyl sites for hydroxylation is 1. The van der Waals surface area contributed by atoms with Crippen molar-refractivity contribution in [3.63, 3.8) is 0 Å². The second kappa shape index (κ2) is 3.89. The summed E-state index contributed by atoms with van der Waals surface area (Å²) in [5.41, 5.74) is 2.34. The van der Waals surface area contributed by atoms with E-state index in [-0.39, 0.29) is 0 Å². The summed E-state index contributed by atoms with van der Waals surface area (Å²) in [6, 6.07) is 0. The van der Waals surface area contributed by atoms with E-state index < -0.39 is 0 Å². The van der Waals surface area contributed by atoms with Crippen molar-refractivity contribution in [2.24, 2.45) is 9.98 Å². The van der Waals surface area contributed by atoms with Gasteiger partial charge in [0.15, 0.2) is 5.82 Å². The molecule has 0 spiro atoms. The molecule has 0 unspecified atom stereocenters. The molecule has 0 amide bonds. The van der Waals surface area contributed by atoms with Gasteiger partial charge in [0.05, 0.1) is 11.4 Å². The Hall–Kier alpha value is -1.58. The molecule has 0 aliphatic rings. The van der Waals surface area contributed by atoms with Crippen LogP contribution in [0.1, 0.15) is 18.3 Å². The number of rotatable bonds is 2. The maximum absolute atomic E-state index is 4.19. The first-order valence-electron chi connectivity index (χ1n) is 3.93. The zero-order chi connectivity index (χ0) is 9.84. The van der Waals surface area contributed by atoms with Crippen LogP contribution in [-0.4, -0.2) is 29.4 Å². The Morgan fingerprint density at radius 3 is 2.77 bits per heavy atom. The van der Waals surface area contributed by atoms with Crippen LogP contribution >= 0.6 is 0 Å². The first-order chi connectivity index (χ1) is 6.19. The lowest BCUT2D eigenvalue weighted by Gasteiger charge is -2.02. The van der Waals surface area contributed by atoms with Crippen molar-refractivity contribution in [3.8, 4) is 0 Å². The van der Waals surface area contributed by atoms with Crippen LogP contribution in [0.25, 0.3) is 0 Å². The van der Waals surface area contributed by atoms with E-state index in [9.17, 15) is 0 Å². The molecule has 68 valence electrons. The number of nitrogens with zero attached hydrogens (tertiary/aromatic N) is 4. The van der Waals surface area contributed by atoms with Gasteiger partial charge in [0.25, 0.3) is 0 Å². The SMILES string of the molecule is C=Nc1nc(C)cnc1C(C)=NC. The zero-order valence-corrected chi connectivity index (χ0v) is 8.07. The molecule has 1 aromatic rings. The average Bonchev–Trinajstić information content (AvgIpc) is 2.16. The van der Waals surface area contributed by atoms with Crippen LogP contribution in [0.4, 0.5) is 5.82 Å². The maximum Gasteiger partial charge on any atom is 0.179 e. The standard InChI is InChI=1S/C9H12N4/c1-6-5-12-8(7(2)10-3)9(11-4)13-6/h5H,4H2,1-3H3. The van der Waals surface area contributed by atoms with E-state index in [0.717, 1.165) is 11.4 Å². The monoisotopic (exact) mass is 176 g/mol. The molecule has 13 heavy (non-hydrogen) atoms. The van der Waals surface area contributed by atoms with E-state index >= 15 is 0 Å². The highest BCUT2D eigenvalue weighted by atomic mass is 15.0.